The van der Waals surface area contributed by atoms with Crippen molar-refractivity contribution in [1.82, 2.24) is 0 Å². The van der Waals surface area contributed by atoms with Gasteiger partial charge in [0.25, 0.3) is 0 Å². The molecular formula is C14H11ClNO. The number of rotatable bonds is 1. The van der Waals surface area contributed by atoms with Gasteiger partial charge in [-0.15, -0.1) is 0 Å². The van der Waals surface area contributed by atoms with Gasteiger partial charge in [-0.1, -0.05) is 11.6 Å². The van der Waals surface area contributed by atoms with Crippen LogP contribution in [0.1, 0.15) is 16.8 Å². The molecule has 0 aromatic heterocycles. The first-order valence-corrected chi connectivity index (χ1v) is 5.93. The van der Waals surface area contributed by atoms with E-state index in [4.69, 9.17) is 11.6 Å². The van der Waals surface area contributed by atoms with Crippen molar-refractivity contribution in [2.75, 3.05) is 5.32 Å². The molecule has 17 heavy (non-hydrogen) atoms. The van der Waals surface area contributed by atoms with Crippen molar-refractivity contribution < 1.29 is 4.79 Å². The number of hydrogen-bond donors (Lipinski definition) is 1. The van der Waals surface area contributed by atoms with Gasteiger partial charge in [-0.2, -0.15) is 0 Å². The number of carbonyl (C=O) groups excluding carboxylic acids is 1. The Morgan fingerprint density at radius 2 is 2.00 bits per heavy atom. The number of carbonyl (C=O) groups is 1. The Morgan fingerprint density at radius 3 is 2.76 bits per heavy atom. The second-order valence-corrected chi connectivity index (χ2v) is 4.67. The summed E-state index contributed by atoms with van der Waals surface area (Å²) in [5, 5.41) is 3.98. The van der Waals surface area contributed by atoms with E-state index in [1.165, 1.54) is 0 Å². The van der Waals surface area contributed by atoms with E-state index in [-0.39, 0.29) is 11.8 Å². The lowest BCUT2D eigenvalue weighted by Gasteiger charge is -2.29. The van der Waals surface area contributed by atoms with Crippen LogP contribution in [0.25, 0.3) is 0 Å². The second-order valence-electron chi connectivity index (χ2n) is 4.23. The Labute approximate surface area is 106 Å². The van der Waals surface area contributed by atoms with Gasteiger partial charge in [-0.25, -0.2) is 0 Å². The Kier molecular flexibility index (Phi) is 2.83. The minimum absolute atomic E-state index is 0.0752. The summed E-state index contributed by atoms with van der Waals surface area (Å²) in [7, 11) is 0. The Balaban J connectivity index is 1.87. The van der Waals surface area contributed by atoms with Crippen LogP contribution in [0.5, 0.6) is 0 Å². The molecule has 85 valence electrons. The molecule has 2 nitrogen and oxygen atoms in total. The fraction of sp³-hybridized carbons (Fsp3) is 0.143. The van der Waals surface area contributed by atoms with Crippen molar-refractivity contribution in [2.24, 2.45) is 0 Å². The lowest BCUT2D eigenvalue weighted by atomic mass is 9.88. The number of Topliss-reactive ketones (excluding diaryl/α,β-unsaturated/α-hetero) is 1. The first-order valence-electron chi connectivity index (χ1n) is 5.55. The van der Waals surface area contributed by atoms with Gasteiger partial charge in [0.2, 0.25) is 0 Å². The molecule has 1 aliphatic heterocycles. The summed E-state index contributed by atoms with van der Waals surface area (Å²) < 4.78 is 0. The highest BCUT2D eigenvalue weighted by Crippen LogP contribution is 2.35. The summed E-state index contributed by atoms with van der Waals surface area (Å²) in [4.78, 5) is 12.0. The van der Waals surface area contributed by atoms with Crippen LogP contribution >= 0.6 is 11.6 Å². The summed E-state index contributed by atoms with van der Waals surface area (Å²) in [5.41, 5.74) is 1.57. The van der Waals surface area contributed by atoms with E-state index in [0.29, 0.717) is 17.0 Å². The summed E-state index contributed by atoms with van der Waals surface area (Å²) in [5.74, 6) is 1.30. The molecule has 1 aliphatic carbocycles. The molecule has 1 aromatic carbocycles. The van der Waals surface area contributed by atoms with Crippen LogP contribution in [0.2, 0.25) is 5.02 Å². The lowest BCUT2D eigenvalue weighted by molar-refractivity contribution is 0.0974. The zero-order valence-electron chi connectivity index (χ0n) is 9.11. The van der Waals surface area contributed by atoms with E-state index in [9.17, 15) is 4.79 Å². The van der Waals surface area contributed by atoms with Gasteiger partial charge >= 0.3 is 0 Å². The van der Waals surface area contributed by atoms with Crippen LogP contribution in [0.3, 0.4) is 0 Å². The Morgan fingerprint density at radius 1 is 1.24 bits per heavy atom. The minimum atomic E-state index is 0.0752. The topological polar surface area (TPSA) is 29.1 Å². The van der Waals surface area contributed by atoms with Crippen molar-refractivity contribution in [2.45, 2.75) is 12.5 Å². The molecule has 1 heterocycles. The molecule has 2 aliphatic rings. The summed E-state index contributed by atoms with van der Waals surface area (Å²) in [6, 6.07) is 5.47. The summed E-state index contributed by atoms with van der Waals surface area (Å²) in [6.45, 7) is 0. The number of fused-ring (bicyclic) bond motifs is 1. The largest absolute Gasteiger partial charge is 0.381 e. The van der Waals surface area contributed by atoms with E-state index >= 15 is 0 Å². The van der Waals surface area contributed by atoms with Crippen molar-refractivity contribution in [3.05, 3.63) is 60.4 Å². The van der Waals surface area contributed by atoms with Gasteiger partial charge in [0.15, 0.2) is 5.78 Å². The molecule has 0 spiro atoms. The molecule has 1 aromatic rings. The highest BCUT2D eigenvalue weighted by Gasteiger charge is 2.32. The van der Waals surface area contributed by atoms with E-state index < -0.39 is 0 Å². The van der Waals surface area contributed by atoms with Crippen LogP contribution in [-0.4, -0.2) is 11.8 Å². The first-order chi connectivity index (χ1) is 8.24. The van der Waals surface area contributed by atoms with Gasteiger partial charge < -0.3 is 5.32 Å². The molecule has 3 heteroatoms. The van der Waals surface area contributed by atoms with Crippen LogP contribution in [0, 0.1) is 31.6 Å². The van der Waals surface area contributed by atoms with Crippen molar-refractivity contribution in [3.8, 4) is 0 Å². The van der Waals surface area contributed by atoms with E-state index in [1.807, 2.05) is 31.7 Å². The zero-order chi connectivity index (χ0) is 11.8. The van der Waals surface area contributed by atoms with Gasteiger partial charge in [0.1, 0.15) is 0 Å². The van der Waals surface area contributed by atoms with Crippen molar-refractivity contribution >= 4 is 23.1 Å². The van der Waals surface area contributed by atoms with E-state index in [0.717, 1.165) is 11.6 Å². The molecule has 0 saturated heterocycles. The van der Waals surface area contributed by atoms with Gasteiger partial charge in [0, 0.05) is 34.7 Å². The maximum atomic E-state index is 12.0. The number of benzene rings is 1. The number of ketones is 1. The monoisotopic (exact) mass is 244 g/mol. The molecular weight excluding hydrogens is 234 g/mol. The maximum absolute atomic E-state index is 12.0. The quantitative estimate of drug-likeness (QED) is 0.823. The molecule has 1 N–H and O–H groups in total. The zero-order valence-corrected chi connectivity index (χ0v) is 9.87. The van der Waals surface area contributed by atoms with Gasteiger partial charge in [-0.3, -0.25) is 4.79 Å². The highest BCUT2D eigenvalue weighted by atomic mass is 35.5. The second kappa shape index (κ2) is 4.34. The summed E-state index contributed by atoms with van der Waals surface area (Å²) in [6.07, 6.45) is 8.52. The third-order valence-corrected chi connectivity index (χ3v) is 3.33. The highest BCUT2D eigenvalue weighted by molar-refractivity contribution is 6.31. The number of hydrogen-bond acceptors (Lipinski definition) is 2. The molecule has 1 unspecified atom stereocenters. The SMILES string of the molecule is O=C1CC([C]2[CH][CH][CH][CH]2)Nc2ccc(Cl)cc21. The molecule has 1 fully saturated rings. The predicted octanol–water partition coefficient (Wildman–Crippen LogP) is 3.11. The fourth-order valence-corrected chi connectivity index (χ4v) is 2.40. The van der Waals surface area contributed by atoms with Gasteiger partial charge in [-0.05, 0) is 43.9 Å². The fourth-order valence-electron chi connectivity index (χ4n) is 2.23. The van der Waals surface area contributed by atoms with Crippen molar-refractivity contribution in [1.29, 1.82) is 0 Å². The Hall–Kier alpha value is -1.02. The standard InChI is InChI=1S/C14H11ClNO/c15-10-5-6-12-11(7-10)14(17)8-13(16-12)9-3-1-2-4-9/h1-7,13,16H,8H2. The average molecular weight is 245 g/mol. The van der Waals surface area contributed by atoms with Gasteiger partial charge in [0.05, 0.1) is 0 Å². The normalized spacial score (nSPS) is 24.5. The molecule has 3 rings (SSSR count). The van der Waals surface area contributed by atoms with Crippen molar-refractivity contribution in [3.63, 3.8) is 0 Å². The van der Waals surface area contributed by atoms with Crippen LogP contribution in [0.15, 0.2) is 18.2 Å². The van der Waals surface area contributed by atoms with E-state index in [2.05, 4.69) is 5.32 Å². The maximum Gasteiger partial charge on any atom is 0.167 e. The average Bonchev–Trinajstić information content (AvgIpc) is 2.83. The smallest absolute Gasteiger partial charge is 0.167 e. The molecule has 0 bridgehead atoms. The third-order valence-electron chi connectivity index (χ3n) is 3.09. The summed E-state index contributed by atoms with van der Waals surface area (Å²) >= 11 is 5.90. The minimum Gasteiger partial charge on any atom is -0.381 e. The molecule has 1 atom stereocenters. The van der Waals surface area contributed by atoms with E-state index in [1.54, 1.807) is 12.1 Å². The molecule has 1 saturated carbocycles. The first kappa shape index (κ1) is 11.1. The van der Waals surface area contributed by atoms with Crippen LogP contribution in [0.4, 0.5) is 5.69 Å². The predicted molar refractivity (Wildman–Crippen MR) is 68.3 cm³/mol. The molecule has 5 radical (unpaired) electrons. The van der Waals surface area contributed by atoms with Crippen LogP contribution < -0.4 is 5.32 Å². The van der Waals surface area contributed by atoms with Crippen LogP contribution in [-0.2, 0) is 0 Å². The lowest BCUT2D eigenvalue weighted by Crippen LogP contribution is -2.34. The number of halogens is 1. The number of anilines is 1. The third kappa shape index (κ3) is 2.06. The molecule has 0 amide bonds. The number of nitrogens with one attached hydrogen (secondary N) is 1. The Bertz CT molecular complexity index is 452.